The summed E-state index contributed by atoms with van der Waals surface area (Å²) in [5, 5.41) is 10.3. The molecule has 1 atom stereocenters. The number of aromatic hydroxyl groups is 1. The topological polar surface area (TPSA) is 49.5 Å². The van der Waals surface area contributed by atoms with Crippen LogP contribution in [0, 0.1) is 0 Å². The number of halogens is 1. The monoisotopic (exact) mass is 212 g/mol. The Bertz CT molecular complexity index is 343. The summed E-state index contributed by atoms with van der Waals surface area (Å²) >= 11 is 5.86. The first-order chi connectivity index (χ1) is 6.66. The van der Waals surface area contributed by atoms with Crippen LogP contribution in [0.3, 0.4) is 0 Å². The van der Waals surface area contributed by atoms with Gasteiger partial charge in [-0.05, 0) is 24.6 Å². The number of hydrogen-bond acceptors (Lipinski definition) is 3. The fourth-order valence-electron chi connectivity index (χ4n) is 1.76. The number of phenols is 1. The first-order valence-electron chi connectivity index (χ1n) is 4.66. The summed E-state index contributed by atoms with van der Waals surface area (Å²) in [6.45, 7) is 1.67. The van der Waals surface area contributed by atoms with E-state index in [2.05, 4.69) is 4.90 Å². The second-order valence-electron chi connectivity index (χ2n) is 3.63. The van der Waals surface area contributed by atoms with Crippen LogP contribution < -0.4 is 10.6 Å². The van der Waals surface area contributed by atoms with Gasteiger partial charge in [0.15, 0.2) is 0 Å². The molecule has 0 aliphatic carbocycles. The lowest BCUT2D eigenvalue weighted by Gasteiger charge is -2.19. The minimum absolute atomic E-state index is 0.202. The van der Waals surface area contributed by atoms with Crippen molar-refractivity contribution in [1.29, 1.82) is 0 Å². The Kier molecular flexibility index (Phi) is 2.52. The standard InChI is InChI=1S/C10H13ClN2O/c11-7-1-2-10(14)9(5-7)13-4-3-8(12)6-13/h1-2,5,8,14H,3-4,6,12H2/t8-/m0/s1. The molecule has 1 saturated heterocycles. The van der Waals surface area contributed by atoms with Crippen LogP contribution in [0.15, 0.2) is 18.2 Å². The fraction of sp³-hybridized carbons (Fsp3) is 0.400. The van der Waals surface area contributed by atoms with Crippen molar-refractivity contribution in [3.63, 3.8) is 0 Å². The second-order valence-corrected chi connectivity index (χ2v) is 4.06. The number of benzene rings is 1. The van der Waals surface area contributed by atoms with Gasteiger partial charge in [0.1, 0.15) is 5.75 Å². The van der Waals surface area contributed by atoms with Gasteiger partial charge in [0.25, 0.3) is 0 Å². The maximum absolute atomic E-state index is 9.64. The van der Waals surface area contributed by atoms with Crippen LogP contribution in [0.4, 0.5) is 5.69 Å². The van der Waals surface area contributed by atoms with Crippen LogP contribution in [0.5, 0.6) is 5.75 Å². The SMILES string of the molecule is N[C@H]1CCN(c2cc(Cl)ccc2O)C1. The maximum Gasteiger partial charge on any atom is 0.138 e. The van der Waals surface area contributed by atoms with Gasteiger partial charge in [0, 0.05) is 24.2 Å². The Morgan fingerprint density at radius 3 is 2.93 bits per heavy atom. The first kappa shape index (κ1) is 9.62. The molecule has 0 amide bonds. The minimum Gasteiger partial charge on any atom is -0.506 e. The number of nitrogens with zero attached hydrogens (tertiary/aromatic N) is 1. The molecule has 0 spiro atoms. The molecule has 1 aromatic carbocycles. The van der Waals surface area contributed by atoms with E-state index in [0.29, 0.717) is 5.02 Å². The van der Waals surface area contributed by atoms with E-state index in [4.69, 9.17) is 17.3 Å². The molecule has 0 aromatic heterocycles. The van der Waals surface area contributed by atoms with Crippen LogP contribution in [0.1, 0.15) is 6.42 Å². The van der Waals surface area contributed by atoms with Gasteiger partial charge in [-0.2, -0.15) is 0 Å². The van der Waals surface area contributed by atoms with Crippen LogP contribution in [0.25, 0.3) is 0 Å². The first-order valence-corrected chi connectivity index (χ1v) is 5.03. The summed E-state index contributed by atoms with van der Waals surface area (Å²) < 4.78 is 0. The van der Waals surface area contributed by atoms with Crippen molar-refractivity contribution in [2.45, 2.75) is 12.5 Å². The van der Waals surface area contributed by atoms with E-state index >= 15 is 0 Å². The Labute approximate surface area is 88.1 Å². The summed E-state index contributed by atoms with van der Waals surface area (Å²) in [7, 11) is 0. The zero-order valence-electron chi connectivity index (χ0n) is 7.78. The van der Waals surface area contributed by atoms with Gasteiger partial charge in [0.2, 0.25) is 0 Å². The summed E-state index contributed by atoms with van der Waals surface area (Å²) in [6, 6.07) is 5.26. The number of phenolic OH excluding ortho intramolecular Hbond substituents is 1. The molecule has 1 aliphatic heterocycles. The number of hydrogen-bond donors (Lipinski definition) is 2. The molecular formula is C10H13ClN2O. The van der Waals surface area contributed by atoms with Crippen LogP contribution >= 0.6 is 11.6 Å². The normalized spacial score (nSPS) is 21.6. The van der Waals surface area contributed by atoms with E-state index in [1.165, 1.54) is 0 Å². The third-order valence-corrected chi connectivity index (χ3v) is 2.74. The highest BCUT2D eigenvalue weighted by Gasteiger charge is 2.21. The van der Waals surface area contributed by atoms with E-state index in [1.807, 2.05) is 0 Å². The molecule has 3 nitrogen and oxygen atoms in total. The predicted octanol–water partition coefficient (Wildman–Crippen LogP) is 1.58. The molecule has 4 heteroatoms. The lowest BCUT2D eigenvalue weighted by atomic mass is 10.2. The number of rotatable bonds is 1. The molecule has 0 saturated carbocycles. The van der Waals surface area contributed by atoms with Crippen molar-refractivity contribution in [3.05, 3.63) is 23.2 Å². The van der Waals surface area contributed by atoms with E-state index in [1.54, 1.807) is 18.2 Å². The molecule has 14 heavy (non-hydrogen) atoms. The zero-order valence-corrected chi connectivity index (χ0v) is 8.54. The maximum atomic E-state index is 9.64. The fourth-order valence-corrected chi connectivity index (χ4v) is 1.92. The highest BCUT2D eigenvalue weighted by atomic mass is 35.5. The van der Waals surface area contributed by atoms with Crippen molar-refractivity contribution >= 4 is 17.3 Å². The smallest absolute Gasteiger partial charge is 0.138 e. The second kappa shape index (κ2) is 3.67. The molecule has 0 unspecified atom stereocenters. The quantitative estimate of drug-likeness (QED) is 0.743. The Morgan fingerprint density at radius 1 is 1.50 bits per heavy atom. The van der Waals surface area contributed by atoms with Crippen LogP contribution in [0.2, 0.25) is 5.02 Å². The Hall–Kier alpha value is -0.930. The van der Waals surface area contributed by atoms with Crippen molar-refractivity contribution in [2.75, 3.05) is 18.0 Å². The number of nitrogens with two attached hydrogens (primary N) is 1. The Balaban J connectivity index is 2.27. The molecule has 3 N–H and O–H groups in total. The minimum atomic E-state index is 0.202. The summed E-state index contributed by atoms with van der Waals surface area (Å²) in [5.41, 5.74) is 6.58. The highest BCUT2D eigenvalue weighted by molar-refractivity contribution is 6.30. The van der Waals surface area contributed by atoms with Crippen molar-refractivity contribution < 1.29 is 5.11 Å². The van der Waals surface area contributed by atoms with Crippen molar-refractivity contribution in [2.24, 2.45) is 5.73 Å². The van der Waals surface area contributed by atoms with Gasteiger partial charge in [-0.25, -0.2) is 0 Å². The van der Waals surface area contributed by atoms with E-state index in [9.17, 15) is 5.11 Å². The van der Waals surface area contributed by atoms with Gasteiger partial charge < -0.3 is 15.7 Å². The van der Waals surface area contributed by atoms with Crippen molar-refractivity contribution in [1.82, 2.24) is 0 Å². The average molecular weight is 213 g/mol. The molecule has 1 aromatic rings. The van der Waals surface area contributed by atoms with Crippen LogP contribution in [-0.2, 0) is 0 Å². The summed E-state index contributed by atoms with van der Waals surface area (Å²) in [5.74, 6) is 0.267. The predicted molar refractivity (Wildman–Crippen MR) is 57.9 cm³/mol. The van der Waals surface area contributed by atoms with Crippen molar-refractivity contribution in [3.8, 4) is 5.75 Å². The molecule has 1 aliphatic rings. The molecule has 1 fully saturated rings. The molecule has 2 rings (SSSR count). The van der Waals surface area contributed by atoms with E-state index in [-0.39, 0.29) is 11.8 Å². The molecule has 0 bridgehead atoms. The molecule has 0 radical (unpaired) electrons. The highest BCUT2D eigenvalue weighted by Crippen LogP contribution is 2.32. The van der Waals surface area contributed by atoms with E-state index < -0.39 is 0 Å². The number of anilines is 1. The largest absolute Gasteiger partial charge is 0.506 e. The Morgan fingerprint density at radius 2 is 2.29 bits per heavy atom. The average Bonchev–Trinajstić information content (AvgIpc) is 2.56. The lowest BCUT2D eigenvalue weighted by molar-refractivity contribution is 0.475. The van der Waals surface area contributed by atoms with Gasteiger partial charge >= 0.3 is 0 Å². The van der Waals surface area contributed by atoms with Crippen LogP contribution in [-0.4, -0.2) is 24.2 Å². The third kappa shape index (κ3) is 1.79. The summed E-state index contributed by atoms with van der Waals surface area (Å²) in [6.07, 6.45) is 0.964. The third-order valence-electron chi connectivity index (χ3n) is 2.50. The molecule has 76 valence electrons. The lowest BCUT2D eigenvalue weighted by Crippen LogP contribution is -2.26. The molecular weight excluding hydrogens is 200 g/mol. The molecule has 1 heterocycles. The van der Waals surface area contributed by atoms with Gasteiger partial charge in [-0.1, -0.05) is 11.6 Å². The van der Waals surface area contributed by atoms with Gasteiger partial charge in [0.05, 0.1) is 5.69 Å². The van der Waals surface area contributed by atoms with Gasteiger partial charge in [-0.15, -0.1) is 0 Å². The van der Waals surface area contributed by atoms with Gasteiger partial charge in [-0.3, -0.25) is 0 Å². The van der Waals surface area contributed by atoms with E-state index in [0.717, 1.165) is 25.2 Å². The zero-order chi connectivity index (χ0) is 10.1. The summed E-state index contributed by atoms with van der Waals surface area (Å²) in [4.78, 5) is 2.06.